The van der Waals surface area contributed by atoms with Crippen molar-refractivity contribution in [3.8, 4) is 0 Å². The number of aliphatic hydroxyl groups excluding tert-OH is 1. The van der Waals surface area contributed by atoms with E-state index in [0.717, 1.165) is 31.4 Å². The molecule has 1 aromatic rings. The number of aromatic nitrogens is 1. The molecule has 2 unspecified atom stereocenters. The number of hydrogen-bond acceptors (Lipinski definition) is 3. The average Bonchev–Trinajstić information content (AvgIpc) is 2.36. The minimum atomic E-state index is -0.247. The molecule has 0 fully saturated rings. The molecule has 0 aliphatic rings. The lowest BCUT2D eigenvalue weighted by molar-refractivity contribution is 0.155. The van der Waals surface area contributed by atoms with Crippen LogP contribution in [-0.4, -0.2) is 22.7 Å². The number of pyridine rings is 1. The van der Waals surface area contributed by atoms with Crippen molar-refractivity contribution in [3.63, 3.8) is 0 Å². The summed E-state index contributed by atoms with van der Waals surface area (Å²) in [5, 5.41) is 13.1. The zero-order chi connectivity index (χ0) is 12.5. The van der Waals surface area contributed by atoms with Gasteiger partial charge in [0.1, 0.15) is 0 Å². The van der Waals surface area contributed by atoms with Gasteiger partial charge in [0.25, 0.3) is 0 Å². The molecule has 1 heterocycles. The summed E-state index contributed by atoms with van der Waals surface area (Å²) in [6, 6.07) is 6.24. The summed E-state index contributed by atoms with van der Waals surface area (Å²) < 4.78 is 0. The number of hydrogen-bond donors (Lipinski definition) is 2. The Kier molecular flexibility index (Phi) is 6.82. The summed E-state index contributed by atoms with van der Waals surface area (Å²) in [6.45, 7) is 4.90. The Bertz CT molecular complexity index is 290. The summed E-state index contributed by atoms with van der Waals surface area (Å²) in [5.41, 5.74) is 1.07. The van der Waals surface area contributed by atoms with Crippen molar-refractivity contribution in [2.75, 3.05) is 6.54 Å². The predicted molar refractivity (Wildman–Crippen MR) is 70.8 cm³/mol. The number of nitrogens with one attached hydrogen (secondary N) is 1. The van der Waals surface area contributed by atoms with Gasteiger partial charge in [-0.1, -0.05) is 32.8 Å². The molecule has 0 radical (unpaired) electrons. The molecule has 3 nitrogen and oxygen atoms in total. The Balaban J connectivity index is 2.49. The Morgan fingerprint density at radius 2 is 2.00 bits per heavy atom. The van der Waals surface area contributed by atoms with Gasteiger partial charge >= 0.3 is 0 Å². The van der Waals surface area contributed by atoms with Gasteiger partial charge < -0.3 is 10.4 Å². The molecular weight excluding hydrogens is 212 g/mol. The van der Waals surface area contributed by atoms with Gasteiger partial charge in [0.2, 0.25) is 0 Å². The monoisotopic (exact) mass is 236 g/mol. The van der Waals surface area contributed by atoms with E-state index in [-0.39, 0.29) is 12.1 Å². The molecule has 0 spiro atoms. The zero-order valence-electron chi connectivity index (χ0n) is 10.9. The van der Waals surface area contributed by atoms with Gasteiger partial charge in [-0.05, 0) is 25.0 Å². The average molecular weight is 236 g/mol. The number of aliphatic hydroxyl groups is 1. The molecule has 0 saturated heterocycles. The Labute approximate surface area is 104 Å². The highest BCUT2D eigenvalue weighted by Crippen LogP contribution is 2.15. The van der Waals surface area contributed by atoms with Crippen LogP contribution in [0.25, 0.3) is 0 Å². The lowest BCUT2D eigenvalue weighted by Gasteiger charge is -2.19. The van der Waals surface area contributed by atoms with Crippen LogP contribution in [0.4, 0.5) is 0 Å². The standard InChI is InChI=1S/C14H24N2O/c1-3-7-12(17)11-16-13(8-4-2)14-9-5-6-10-15-14/h5-6,9-10,12-13,16-17H,3-4,7-8,11H2,1-2H3. The topological polar surface area (TPSA) is 45.1 Å². The quantitative estimate of drug-likeness (QED) is 0.729. The highest BCUT2D eigenvalue weighted by molar-refractivity contribution is 5.08. The van der Waals surface area contributed by atoms with E-state index in [1.54, 1.807) is 0 Å². The second kappa shape index (κ2) is 8.20. The van der Waals surface area contributed by atoms with Crippen molar-refractivity contribution in [2.45, 2.75) is 51.7 Å². The van der Waals surface area contributed by atoms with E-state index >= 15 is 0 Å². The van der Waals surface area contributed by atoms with Crippen LogP contribution in [-0.2, 0) is 0 Å². The fourth-order valence-corrected chi connectivity index (χ4v) is 1.94. The molecule has 0 saturated carbocycles. The minimum absolute atomic E-state index is 0.247. The van der Waals surface area contributed by atoms with Gasteiger partial charge in [-0.2, -0.15) is 0 Å². The first kappa shape index (κ1) is 14.1. The Morgan fingerprint density at radius 3 is 2.59 bits per heavy atom. The van der Waals surface area contributed by atoms with Gasteiger partial charge in [-0.15, -0.1) is 0 Å². The van der Waals surface area contributed by atoms with Gasteiger partial charge in [0, 0.05) is 18.8 Å². The van der Waals surface area contributed by atoms with Crippen LogP contribution in [0.3, 0.4) is 0 Å². The van der Waals surface area contributed by atoms with E-state index < -0.39 is 0 Å². The molecule has 1 rings (SSSR count). The predicted octanol–water partition coefficient (Wildman–Crippen LogP) is 2.67. The van der Waals surface area contributed by atoms with Crippen LogP contribution in [0.5, 0.6) is 0 Å². The number of rotatable bonds is 8. The second-order valence-electron chi connectivity index (χ2n) is 4.45. The maximum absolute atomic E-state index is 9.73. The largest absolute Gasteiger partial charge is 0.392 e. The summed E-state index contributed by atoms with van der Waals surface area (Å²) in [5.74, 6) is 0. The Morgan fingerprint density at radius 1 is 1.24 bits per heavy atom. The van der Waals surface area contributed by atoms with E-state index in [0.29, 0.717) is 6.54 Å². The van der Waals surface area contributed by atoms with Gasteiger partial charge in [0.15, 0.2) is 0 Å². The molecule has 3 heteroatoms. The minimum Gasteiger partial charge on any atom is -0.392 e. The Hall–Kier alpha value is -0.930. The van der Waals surface area contributed by atoms with Crippen molar-refractivity contribution < 1.29 is 5.11 Å². The molecule has 2 atom stereocenters. The molecule has 0 aliphatic heterocycles. The normalized spacial score (nSPS) is 14.5. The molecule has 0 bridgehead atoms. The SMILES string of the molecule is CCCC(O)CNC(CCC)c1ccccn1. The molecule has 0 amide bonds. The zero-order valence-corrected chi connectivity index (χ0v) is 10.9. The van der Waals surface area contributed by atoms with Gasteiger partial charge in [-0.25, -0.2) is 0 Å². The fourth-order valence-electron chi connectivity index (χ4n) is 1.94. The van der Waals surface area contributed by atoms with E-state index in [1.807, 2.05) is 24.4 Å². The maximum Gasteiger partial charge on any atom is 0.0664 e. The summed E-state index contributed by atoms with van der Waals surface area (Å²) in [4.78, 5) is 4.38. The van der Waals surface area contributed by atoms with Crippen molar-refractivity contribution >= 4 is 0 Å². The molecule has 0 aromatic carbocycles. The molecule has 17 heavy (non-hydrogen) atoms. The van der Waals surface area contributed by atoms with Gasteiger partial charge in [0.05, 0.1) is 11.8 Å². The first-order valence-corrected chi connectivity index (χ1v) is 6.60. The van der Waals surface area contributed by atoms with Crippen molar-refractivity contribution in [1.29, 1.82) is 0 Å². The van der Waals surface area contributed by atoms with E-state index in [9.17, 15) is 5.11 Å². The van der Waals surface area contributed by atoms with Crippen molar-refractivity contribution in [3.05, 3.63) is 30.1 Å². The third-order valence-corrected chi connectivity index (χ3v) is 2.84. The smallest absolute Gasteiger partial charge is 0.0664 e. The lowest BCUT2D eigenvalue weighted by Crippen LogP contribution is -2.30. The lowest BCUT2D eigenvalue weighted by atomic mass is 10.1. The highest BCUT2D eigenvalue weighted by atomic mass is 16.3. The summed E-state index contributed by atoms with van der Waals surface area (Å²) >= 11 is 0. The molecule has 96 valence electrons. The first-order valence-electron chi connectivity index (χ1n) is 6.60. The van der Waals surface area contributed by atoms with Crippen molar-refractivity contribution in [2.24, 2.45) is 0 Å². The van der Waals surface area contributed by atoms with Crippen LogP contribution in [0, 0.1) is 0 Å². The van der Waals surface area contributed by atoms with E-state index in [1.165, 1.54) is 0 Å². The third-order valence-electron chi connectivity index (χ3n) is 2.84. The van der Waals surface area contributed by atoms with Gasteiger partial charge in [-0.3, -0.25) is 4.98 Å². The van der Waals surface area contributed by atoms with Crippen LogP contribution in [0.2, 0.25) is 0 Å². The van der Waals surface area contributed by atoms with Crippen LogP contribution in [0.1, 0.15) is 51.3 Å². The first-order chi connectivity index (χ1) is 8.27. The van der Waals surface area contributed by atoms with Crippen LogP contribution in [0.15, 0.2) is 24.4 Å². The maximum atomic E-state index is 9.73. The van der Waals surface area contributed by atoms with E-state index in [4.69, 9.17) is 0 Å². The molecule has 2 N–H and O–H groups in total. The highest BCUT2D eigenvalue weighted by Gasteiger charge is 2.12. The molecule has 0 aliphatic carbocycles. The second-order valence-corrected chi connectivity index (χ2v) is 4.45. The summed E-state index contributed by atoms with van der Waals surface area (Å²) in [6.07, 6.45) is 5.61. The van der Waals surface area contributed by atoms with Crippen LogP contribution >= 0.6 is 0 Å². The van der Waals surface area contributed by atoms with E-state index in [2.05, 4.69) is 24.1 Å². The van der Waals surface area contributed by atoms with Crippen LogP contribution < -0.4 is 5.32 Å². The fraction of sp³-hybridized carbons (Fsp3) is 0.643. The molecule has 1 aromatic heterocycles. The summed E-state index contributed by atoms with van der Waals surface area (Å²) in [7, 11) is 0. The molecular formula is C14H24N2O. The third kappa shape index (κ3) is 5.29. The number of nitrogens with zero attached hydrogens (tertiary/aromatic N) is 1. The van der Waals surface area contributed by atoms with Crippen molar-refractivity contribution in [1.82, 2.24) is 10.3 Å².